The fourth-order valence-corrected chi connectivity index (χ4v) is 3.62. The molecule has 0 atom stereocenters. The monoisotopic (exact) mass is 375 g/mol. The first-order valence-electron chi connectivity index (χ1n) is 8.52. The van der Waals surface area contributed by atoms with Crippen molar-refractivity contribution in [3.63, 3.8) is 0 Å². The van der Waals surface area contributed by atoms with Gasteiger partial charge in [0.05, 0.1) is 30.9 Å². The van der Waals surface area contributed by atoms with Gasteiger partial charge in [0.15, 0.2) is 10.8 Å². The lowest BCUT2D eigenvalue weighted by molar-refractivity contribution is -0.0970. The number of hydrogen-bond donors (Lipinski definition) is 1. The molecule has 9 nitrogen and oxygen atoms in total. The van der Waals surface area contributed by atoms with Crippen molar-refractivity contribution in [2.75, 3.05) is 25.1 Å². The van der Waals surface area contributed by atoms with E-state index in [9.17, 15) is 0 Å². The number of halogens is 1. The minimum atomic E-state index is -0.157. The molecule has 3 aromatic rings. The fourth-order valence-electron chi connectivity index (χ4n) is 3.40. The van der Waals surface area contributed by atoms with Gasteiger partial charge in [0.25, 0.3) is 5.88 Å². The summed E-state index contributed by atoms with van der Waals surface area (Å²) in [4.78, 5) is 8.98. The second-order valence-corrected chi connectivity index (χ2v) is 7.30. The standard InChI is InChI=1S/C16H18ClN7O2/c1-9-11-14(22-24(9)16(2)7-25-8-16)26-5-3-4-23-13-10(12(17)21-23)6-18-15(19-11)20-13/h6H,3-5,7-8H2,1-2H3,(H,18,19,20). The fraction of sp³-hybridized carbons (Fsp3) is 0.500. The number of hydrogen-bond acceptors (Lipinski definition) is 7. The number of fused-ring (bicyclic) bond motifs is 2. The number of rotatable bonds is 1. The number of ether oxygens (including phenoxy) is 2. The van der Waals surface area contributed by atoms with E-state index in [1.165, 1.54) is 0 Å². The van der Waals surface area contributed by atoms with Crippen LogP contribution in [0.15, 0.2) is 6.20 Å². The Morgan fingerprint density at radius 1 is 1.31 bits per heavy atom. The number of anilines is 2. The molecule has 2 aliphatic heterocycles. The molecule has 5 heterocycles. The van der Waals surface area contributed by atoms with E-state index in [-0.39, 0.29) is 5.54 Å². The Balaban J connectivity index is 1.63. The van der Waals surface area contributed by atoms with Crippen LogP contribution >= 0.6 is 11.6 Å². The van der Waals surface area contributed by atoms with E-state index in [1.54, 1.807) is 10.9 Å². The summed E-state index contributed by atoms with van der Waals surface area (Å²) in [6, 6.07) is 0. The molecule has 3 aromatic heterocycles. The van der Waals surface area contributed by atoms with Gasteiger partial charge < -0.3 is 14.8 Å². The normalized spacial score (nSPS) is 18.6. The molecular weight excluding hydrogens is 358 g/mol. The Labute approximate surface area is 154 Å². The molecule has 0 unspecified atom stereocenters. The molecule has 26 heavy (non-hydrogen) atoms. The highest BCUT2D eigenvalue weighted by atomic mass is 35.5. The van der Waals surface area contributed by atoms with E-state index in [2.05, 4.69) is 32.4 Å². The highest BCUT2D eigenvalue weighted by Crippen LogP contribution is 2.36. The summed E-state index contributed by atoms with van der Waals surface area (Å²) in [5, 5.41) is 13.4. The molecule has 0 aromatic carbocycles. The lowest BCUT2D eigenvalue weighted by Crippen LogP contribution is -2.50. The lowest BCUT2D eigenvalue weighted by atomic mass is 10.0. The molecule has 1 saturated heterocycles. The summed E-state index contributed by atoms with van der Waals surface area (Å²) in [6.07, 6.45) is 2.45. The minimum Gasteiger partial charge on any atom is -0.475 e. The van der Waals surface area contributed by atoms with Gasteiger partial charge in [-0.1, -0.05) is 11.6 Å². The van der Waals surface area contributed by atoms with Gasteiger partial charge >= 0.3 is 0 Å². The summed E-state index contributed by atoms with van der Waals surface area (Å²) in [7, 11) is 0. The third kappa shape index (κ3) is 2.27. The molecule has 0 saturated carbocycles. The van der Waals surface area contributed by atoms with Gasteiger partial charge in [-0.05, 0) is 13.8 Å². The van der Waals surface area contributed by atoms with Crippen molar-refractivity contribution in [2.24, 2.45) is 0 Å². The first-order valence-corrected chi connectivity index (χ1v) is 8.90. The maximum absolute atomic E-state index is 6.19. The van der Waals surface area contributed by atoms with Gasteiger partial charge in [0.1, 0.15) is 11.2 Å². The van der Waals surface area contributed by atoms with Crippen LogP contribution in [-0.4, -0.2) is 49.3 Å². The Morgan fingerprint density at radius 3 is 2.92 bits per heavy atom. The van der Waals surface area contributed by atoms with Gasteiger partial charge in [-0.3, -0.25) is 4.68 Å². The minimum absolute atomic E-state index is 0.157. The predicted molar refractivity (Wildman–Crippen MR) is 95.2 cm³/mol. The Hall–Kier alpha value is -2.39. The smallest absolute Gasteiger partial charge is 0.257 e. The molecule has 2 aliphatic rings. The zero-order chi connectivity index (χ0) is 17.9. The Kier molecular flexibility index (Phi) is 3.38. The SMILES string of the molecule is Cc1c2c(nn1C1(C)COC1)OCCCn1nc(Cl)c3cnc(nc31)N2. The van der Waals surface area contributed by atoms with Gasteiger partial charge in [0, 0.05) is 19.2 Å². The van der Waals surface area contributed by atoms with Crippen molar-refractivity contribution in [1.29, 1.82) is 0 Å². The number of nitrogens with one attached hydrogen (secondary N) is 1. The van der Waals surface area contributed by atoms with Crippen LogP contribution in [0.5, 0.6) is 5.88 Å². The van der Waals surface area contributed by atoms with Crippen LogP contribution in [0.2, 0.25) is 5.15 Å². The molecule has 0 radical (unpaired) electrons. The highest BCUT2D eigenvalue weighted by Gasteiger charge is 2.39. The van der Waals surface area contributed by atoms with Crippen molar-refractivity contribution in [1.82, 2.24) is 29.5 Å². The van der Waals surface area contributed by atoms with Crippen LogP contribution < -0.4 is 10.1 Å². The van der Waals surface area contributed by atoms with Gasteiger partial charge in [-0.25, -0.2) is 9.67 Å². The zero-order valence-corrected chi connectivity index (χ0v) is 15.2. The van der Waals surface area contributed by atoms with E-state index < -0.39 is 0 Å². The van der Waals surface area contributed by atoms with Crippen LogP contribution in [-0.2, 0) is 16.8 Å². The predicted octanol–water partition coefficient (Wildman–Crippen LogP) is 2.26. The molecule has 5 rings (SSSR count). The van der Waals surface area contributed by atoms with Crippen LogP contribution in [0.3, 0.4) is 0 Å². The summed E-state index contributed by atoms with van der Waals surface area (Å²) in [6.45, 7) is 6.56. The van der Waals surface area contributed by atoms with Gasteiger partial charge in [-0.15, -0.1) is 5.10 Å². The van der Waals surface area contributed by atoms with E-state index in [0.29, 0.717) is 49.0 Å². The number of nitrogens with zero attached hydrogens (tertiary/aromatic N) is 6. The summed E-state index contributed by atoms with van der Waals surface area (Å²) < 4.78 is 15.1. The van der Waals surface area contributed by atoms with Crippen molar-refractivity contribution in [2.45, 2.75) is 32.4 Å². The van der Waals surface area contributed by atoms with Crippen molar-refractivity contribution < 1.29 is 9.47 Å². The largest absolute Gasteiger partial charge is 0.475 e. The molecule has 0 amide bonds. The van der Waals surface area contributed by atoms with E-state index >= 15 is 0 Å². The third-order valence-electron chi connectivity index (χ3n) is 4.86. The molecule has 1 N–H and O–H groups in total. The molecule has 2 bridgehead atoms. The quantitative estimate of drug-likeness (QED) is 0.697. The average molecular weight is 376 g/mol. The first-order chi connectivity index (χ1) is 12.5. The highest BCUT2D eigenvalue weighted by molar-refractivity contribution is 6.34. The molecular formula is C16H18ClN7O2. The molecule has 1 fully saturated rings. The second kappa shape index (κ2) is 5.55. The van der Waals surface area contributed by atoms with E-state index in [0.717, 1.165) is 23.2 Å². The van der Waals surface area contributed by atoms with Crippen LogP contribution in [0.4, 0.5) is 11.6 Å². The molecule has 0 spiro atoms. The van der Waals surface area contributed by atoms with E-state index in [4.69, 9.17) is 21.1 Å². The Morgan fingerprint density at radius 2 is 2.15 bits per heavy atom. The second-order valence-electron chi connectivity index (χ2n) is 6.94. The third-order valence-corrected chi connectivity index (χ3v) is 5.13. The maximum atomic E-state index is 6.19. The average Bonchev–Trinajstić information content (AvgIpc) is 3.07. The number of aryl methyl sites for hydroxylation is 1. The van der Waals surface area contributed by atoms with Crippen molar-refractivity contribution >= 4 is 34.3 Å². The van der Waals surface area contributed by atoms with Gasteiger partial charge in [0.2, 0.25) is 5.95 Å². The lowest BCUT2D eigenvalue weighted by Gasteiger charge is -2.38. The summed E-state index contributed by atoms with van der Waals surface area (Å²) in [5.41, 5.74) is 2.29. The first kappa shape index (κ1) is 15.8. The maximum Gasteiger partial charge on any atom is 0.257 e. The van der Waals surface area contributed by atoms with Crippen molar-refractivity contribution in [3.05, 3.63) is 17.0 Å². The zero-order valence-electron chi connectivity index (χ0n) is 14.5. The van der Waals surface area contributed by atoms with Crippen LogP contribution in [0, 0.1) is 6.92 Å². The summed E-state index contributed by atoms with van der Waals surface area (Å²) >= 11 is 6.19. The molecule has 10 heteroatoms. The molecule has 0 aliphatic carbocycles. The van der Waals surface area contributed by atoms with Crippen molar-refractivity contribution in [3.8, 4) is 5.88 Å². The topological polar surface area (TPSA) is 91.9 Å². The number of aromatic nitrogens is 6. The molecule has 136 valence electrons. The van der Waals surface area contributed by atoms with Crippen LogP contribution in [0.25, 0.3) is 11.0 Å². The van der Waals surface area contributed by atoms with Gasteiger partial charge in [-0.2, -0.15) is 10.1 Å². The summed E-state index contributed by atoms with van der Waals surface area (Å²) in [5.74, 6) is 1.01. The van der Waals surface area contributed by atoms with Crippen LogP contribution in [0.1, 0.15) is 19.0 Å². The Bertz CT molecular complexity index is 1010. The van der Waals surface area contributed by atoms with E-state index in [1.807, 2.05) is 11.6 Å².